The third-order valence-corrected chi connectivity index (χ3v) is 3.62. The number of hydrogen-bond donors (Lipinski definition) is 0. The van der Waals surface area contributed by atoms with Gasteiger partial charge < -0.3 is 9.47 Å². The molecule has 1 fully saturated rings. The first kappa shape index (κ1) is 13.0. The second-order valence-electron chi connectivity index (χ2n) is 4.58. The standard InChI is InChI=1S/C14H17FO3/c1-17-12-6-5-10(15)9-11(12)13(16)14(18-2)7-3-4-8-14/h5-6,9H,3-4,7-8H2,1-2H3. The van der Waals surface area contributed by atoms with Gasteiger partial charge >= 0.3 is 0 Å². The number of Topliss-reactive ketones (excluding diaryl/α,β-unsaturated/α-hetero) is 1. The summed E-state index contributed by atoms with van der Waals surface area (Å²) in [5, 5.41) is 0. The van der Waals surface area contributed by atoms with Gasteiger partial charge in [0.25, 0.3) is 0 Å². The summed E-state index contributed by atoms with van der Waals surface area (Å²) < 4.78 is 23.9. The predicted molar refractivity (Wildman–Crippen MR) is 65.5 cm³/mol. The molecule has 1 aliphatic carbocycles. The van der Waals surface area contributed by atoms with Gasteiger partial charge in [0.15, 0.2) is 5.78 Å². The smallest absolute Gasteiger partial charge is 0.198 e. The van der Waals surface area contributed by atoms with Crippen molar-refractivity contribution >= 4 is 5.78 Å². The molecule has 1 aromatic carbocycles. The zero-order valence-corrected chi connectivity index (χ0v) is 10.7. The Balaban J connectivity index is 2.41. The summed E-state index contributed by atoms with van der Waals surface area (Å²) in [6, 6.07) is 3.98. The molecule has 0 aromatic heterocycles. The van der Waals surface area contributed by atoms with Gasteiger partial charge in [0.1, 0.15) is 17.2 Å². The van der Waals surface area contributed by atoms with Crippen LogP contribution in [-0.4, -0.2) is 25.6 Å². The highest BCUT2D eigenvalue weighted by molar-refractivity contribution is 6.04. The minimum atomic E-state index is -0.804. The van der Waals surface area contributed by atoms with Crippen LogP contribution in [0.15, 0.2) is 18.2 Å². The van der Waals surface area contributed by atoms with E-state index in [1.165, 1.54) is 32.4 Å². The molecule has 18 heavy (non-hydrogen) atoms. The van der Waals surface area contributed by atoms with Gasteiger partial charge in [-0.15, -0.1) is 0 Å². The summed E-state index contributed by atoms with van der Waals surface area (Å²) in [5.41, 5.74) is -0.539. The quantitative estimate of drug-likeness (QED) is 0.773. The first-order valence-corrected chi connectivity index (χ1v) is 6.06. The van der Waals surface area contributed by atoms with Gasteiger partial charge in [0, 0.05) is 7.11 Å². The number of methoxy groups -OCH3 is 2. The van der Waals surface area contributed by atoms with Crippen LogP contribution in [0.3, 0.4) is 0 Å². The molecule has 3 nitrogen and oxygen atoms in total. The molecule has 1 aliphatic rings. The molecule has 0 N–H and O–H groups in total. The molecule has 0 unspecified atom stereocenters. The number of carbonyl (C=O) groups is 1. The molecular weight excluding hydrogens is 235 g/mol. The lowest BCUT2D eigenvalue weighted by Crippen LogP contribution is -2.38. The second-order valence-corrected chi connectivity index (χ2v) is 4.58. The number of ether oxygens (including phenoxy) is 2. The van der Waals surface area contributed by atoms with Gasteiger partial charge in [0.2, 0.25) is 0 Å². The van der Waals surface area contributed by atoms with Crippen LogP contribution >= 0.6 is 0 Å². The van der Waals surface area contributed by atoms with Crippen molar-refractivity contribution in [3.63, 3.8) is 0 Å². The van der Waals surface area contributed by atoms with Crippen molar-refractivity contribution in [3.05, 3.63) is 29.6 Å². The van der Waals surface area contributed by atoms with Crippen molar-refractivity contribution in [2.45, 2.75) is 31.3 Å². The molecule has 0 heterocycles. The summed E-state index contributed by atoms with van der Waals surface area (Å²) in [5.74, 6) is -0.230. The SMILES string of the molecule is COc1ccc(F)cc1C(=O)C1(OC)CCCC1. The van der Waals surface area contributed by atoms with E-state index in [1.807, 2.05) is 0 Å². The number of rotatable bonds is 4. The molecule has 0 amide bonds. The first-order chi connectivity index (χ1) is 8.63. The first-order valence-electron chi connectivity index (χ1n) is 6.06. The average molecular weight is 252 g/mol. The Morgan fingerprint density at radius 3 is 2.50 bits per heavy atom. The van der Waals surface area contributed by atoms with Gasteiger partial charge in [-0.05, 0) is 43.9 Å². The Kier molecular flexibility index (Phi) is 3.66. The van der Waals surface area contributed by atoms with Gasteiger partial charge in [-0.2, -0.15) is 0 Å². The minimum absolute atomic E-state index is 0.182. The Morgan fingerprint density at radius 2 is 1.94 bits per heavy atom. The van der Waals surface area contributed by atoms with Crippen LogP contribution in [0.1, 0.15) is 36.0 Å². The summed E-state index contributed by atoms with van der Waals surface area (Å²) in [4.78, 5) is 12.6. The molecule has 0 atom stereocenters. The Morgan fingerprint density at radius 1 is 1.28 bits per heavy atom. The summed E-state index contributed by atoms with van der Waals surface area (Å²) in [6.45, 7) is 0. The van der Waals surface area contributed by atoms with E-state index in [0.29, 0.717) is 18.6 Å². The van der Waals surface area contributed by atoms with Gasteiger partial charge in [-0.3, -0.25) is 4.79 Å². The molecule has 0 spiro atoms. The van der Waals surface area contributed by atoms with E-state index in [9.17, 15) is 9.18 Å². The maximum absolute atomic E-state index is 13.3. The van der Waals surface area contributed by atoms with Gasteiger partial charge in [0.05, 0.1) is 12.7 Å². The topological polar surface area (TPSA) is 35.5 Å². The molecule has 0 radical (unpaired) electrons. The maximum atomic E-state index is 13.3. The molecule has 0 bridgehead atoms. The highest BCUT2D eigenvalue weighted by Gasteiger charge is 2.42. The molecule has 1 aromatic rings. The number of ketones is 1. The third kappa shape index (κ3) is 2.12. The fourth-order valence-corrected chi connectivity index (χ4v) is 2.57. The molecule has 4 heteroatoms. The van der Waals surface area contributed by atoms with E-state index in [1.54, 1.807) is 0 Å². The fraction of sp³-hybridized carbons (Fsp3) is 0.500. The molecular formula is C14H17FO3. The lowest BCUT2D eigenvalue weighted by atomic mass is 9.90. The zero-order chi connectivity index (χ0) is 13.2. The number of carbonyl (C=O) groups excluding carboxylic acids is 1. The summed E-state index contributed by atoms with van der Waals surface area (Å²) >= 11 is 0. The van der Waals surface area contributed by atoms with Gasteiger partial charge in [-0.25, -0.2) is 4.39 Å². The summed E-state index contributed by atoms with van der Waals surface area (Å²) in [6.07, 6.45) is 3.28. The van der Waals surface area contributed by atoms with Crippen LogP contribution < -0.4 is 4.74 Å². The van der Waals surface area contributed by atoms with Crippen LogP contribution in [0.5, 0.6) is 5.75 Å². The van der Waals surface area contributed by atoms with Crippen molar-refractivity contribution in [3.8, 4) is 5.75 Å². The highest BCUT2D eigenvalue weighted by atomic mass is 19.1. The van der Waals surface area contributed by atoms with Crippen molar-refractivity contribution in [1.82, 2.24) is 0 Å². The molecule has 2 rings (SSSR count). The fourth-order valence-electron chi connectivity index (χ4n) is 2.57. The van der Waals surface area contributed by atoms with Crippen molar-refractivity contribution < 1.29 is 18.7 Å². The van der Waals surface area contributed by atoms with Crippen LogP contribution in [0.4, 0.5) is 4.39 Å². The Hall–Kier alpha value is -1.42. The monoisotopic (exact) mass is 252 g/mol. The van der Waals surface area contributed by atoms with Crippen LogP contribution in [0.25, 0.3) is 0 Å². The second kappa shape index (κ2) is 5.06. The number of hydrogen-bond acceptors (Lipinski definition) is 3. The van der Waals surface area contributed by atoms with Crippen LogP contribution in [0, 0.1) is 5.82 Å². The van der Waals surface area contributed by atoms with E-state index in [4.69, 9.17) is 9.47 Å². The highest BCUT2D eigenvalue weighted by Crippen LogP contribution is 2.37. The van der Waals surface area contributed by atoms with E-state index in [-0.39, 0.29) is 11.3 Å². The number of benzene rings is 1. The van der Waals surface area contributed by atoms with Crippen LogP contribution in [0.2, 0.25) is 0 Å². The number of halogens is 1. The Bertz CT molecular complexity index is 450. The van der Waals surface area contributed by atoms with Gasteiger partial charge in [-0.1, -0.05) is 0 Å². The van der Waals surface area contributed by atoms with Crippen molar-refractivity contribution in [1.29, 1.82) is 0 Å². The third-order valence-electron chi connectivity index (χ3n) is 3.62. The largest absolute Gasteiger partial charge is 0.496 e. The Labute approximate surface area is 106 Å². The van der Waals surface area contributed by atoms with E-state index >= 15 is 0 Å². The molecule has 0 saturated heterocycles. The average Bonchev–Trinajstić information content (AvgIpc) is 2.87. The van der Waals surface area contributed by atoms with E-state index < -0.39 is 11.4 Å². The predicted octanol–water partition coefficient (Wildman–Crippen LogP) is 2.98. The van der Waals surface area contributed by atoms with Crippen molar-refractivity contribution in [2.24, 2.45) is 0 Å². The van der Waals surface area contributed by atoms with E-state index in [0.717, 1.165) is 12.8 Å². The normalized spacial score (nSPS) is 17.7. The van der Waals surface area contributed by atoms with Crippen molar-refractivity contribution in [2.75, 3.05) is 14.2 Å². The lowest BCUT2D eigenvalue weighted by molar-refractivity contribution is 0.00578. The lowest BCUT2D eigenvalue weighted by Gasteiger charge is -2.26. The van der Waals surface area contributed by atoms with Crippen LogP contribution in [-0.2, 0) is 4.74 Å². The molecule has 98 valence electrons. The minimum Gasteiger partial charge on any atom is -0.496 e. The summed E-state index contributed by atoms with van der Waals surface area (Å²) in [7, 11) is 3.01. The molecule has 0 aliphatic heterocycles. The zero-order valence-electron chi connectivity index (χ0n) is 10.7. The molecule has 1 saturated carbocycles. The van der Waals surface area contributed by atoms with E-state index in [2.05, 4.69) is 0 Å². The maximum Gasteiger partial charge on any atom is 0.198 e.